The van der Waals surface area contributed by atoms with E-state index in [0.717, 1.165) is 31.9 Å². The van der Waals surface area contributed by atoms with Gasteiger partial charge in [-0.15, -0.1) is 0 Å². The number of hydrogen-bond acceptors (Lipinski definition) is 6. The van der Waals surface area contributed by atoms with E-state index in [4.69, 9.17) is 9.26 Å². The van der Waals surface area contributed by atoms with Crippen LogP contribution in [0.2, 0.25) is 0 Å². The molecule has 0 aliphatic carbocycles. The van der Waals surface area contributed by atoms with Gasteiger partial charge in [0.25, 0.3) is 0 Å². The van der Waals surface area contributed by atoms with Crippen molar-refractivity contribution in [3.63, 3.8) is 0 Å². The van der Waals surface area contributed by atoms with E-state index >= 15 is 0 Å². The predicted molar refractivity (Wildman–Crippen MR) is 87.4 cm³/mol. The van der Waals surface area contributed by atoms with Crippen molar-refractivity contribution in [1.29, 1.82) is 0 Å². The Balaban J connectivity index is 1.77. The Kier molecular flexibility index (Phi) is 4.63. The number of methoxy groups -OCH3 is 1. The van der Waals surface area contributed by atoms with Crippen LogP contribution in [0.25, 0.3) is 0 Å². The van der Waals surface area contributed by atoms with Crippen molar-refractivity contribution in [2.75, 3.05) is 33.8 Å². The molecule has 1 unspecified atom stereocenters. The van der Waals surface area contributed by atoms with Crippen LogP contribution in [-0.4, -0.2) is 53.7 Å². The lowest BCUT2D eigenvalue weighted by Crippen LogP contribution is -2.46. The molecule has 23 heavy (non-hydrogen) atoms. The molecule has 1 aliphatic rings. The van der Waals surface area contributed by atoms with Crippen LogP contribution in [0.15, 0.2) is 22.7 Å². The molecule has 0 amide bonds. The highest BCUT2D eigenvalue weighted by molar-refractivity contribution is 5.39. The van der Waals surface area contributed by atoms with Crippen molar-refractivity contribution in [2.45, 2.75) is 26.4 Å². The van der Waals surface area contributed by atoms with Gasteiger partial charge in [0.2, 0.25) is 5.89 Å². The van der Waals surface area contributed by atoms with Crippen LogP contribution in [0, 0.1) is 13.8 Å². The standard InChI is InChI=1S/C17H24N4O2/c1-12-6-5-7-16(22-4)14(12)10-21-9-8-20(3)15(11-21)17-18-13(2)19-23-17/h5-7,15H,8-11H2,1-4H3. The van der Waals surface area contributed by atoms with Crippen LogP contribution in [0.1, 0.15) is 28.9 Å². The van der Waals surface area contributed by atoms with Gasteiger partial charge in [-0.25, -0.2) is 0 Å². The second-order valence-electron chi connectivity index (χ2n) is 6.17. The molecule has 124 valence electrons. The van der Waals surface area contributed by atoms with Gasteiger partial charge in [-0.3, -0.25) is 9.80 Å². The van der Waals surface area contributed by atoms with Gasteiger partial charge in [0.05, 0.1) is 7.11 Å². The van der Waals surface area contributed by atoms with Gasteiger partial charge in [-0.1, -0.05) is 17.3 Å². The molecule has 1 saturated heterocycles. The third-order valence-electron chi connectivity index (χ3n) is 4.53. The molecular weight excluding hydrogens is 292 g/mol. The fourth-order valence-corrected chi connectivity index (χ4v) is 3.08. The number of ether oxygens (including phenoxy) is 1. The minimum absolute atomic E-state index is 0.139. The summed E-state index contributed by atoms with van der Waals surface area (Å²) in [7, 11) is 3.84. The van der Waals surface area contributed by atoms with Crippen LogP contribution in [0.5, 0.6) is 5.75 Å². The Hall–Kier alpha value is -1.92. The van der Waals surface area contributed by atoms with Gasteiger partial charge in [-0.05, 0) is 32.5 Å². The zero-order valence-electron chi connectivity index (χ0n) is 14.2. The van der Waals surface area contributed by atoms with Crippen LogP contribution in [0.3, 0.4) is 0 Å². The lowest BCUT2D eigenvalue weighted by molar-refractivity contribution is 0.0709. The average molecular weight is 316 g/mol. The SMILES string of the molecule is COc1cccc(C)c1CN1CCN(C)C(c2nc(C)no2)C1. The first-order valence-electron chi connectivity index (χ1n) is 7.93. The first-order chi connectivity index (χ1) is 11.1. The number of piperazine rings is 1. The van der Waals surface area contributed by atoms with E-state index in [1.165, 1.54) is 11.1 Å². The van der Waals surface area contributed by atoms with E-state index in [1.807, 2.05) is 19.1 Å². The molecular formula is C17H24N4O2. The molecule has 2 heterocycles. The van der Waals surface area contributed by atoms with Crippen molar-refractivity contribution in [2.24, 2.45) is 0 Å². The summed E-state index contributed by atoms with van der Waals surface area (Å²) in [6.07, 6.45) is 0. The molecule has 1 fully saturated rings. The first-order valence-corrected chi connectivity index (χ1v) is 7.93. The number of rotatable bonds is 4. The largest absolute Gasteiger partial charge is 0.496 e. The molecule has 0 radical (unpaired) electrons. The maximum absolute atomic E-state index is 5.53. The number of benzene rings is 1. The molecule has 1 aliphatic heterocycles. The monoisotopic (exact) mass is 316 g/mol. The highest BCUT2D eigenvalue weighted by atomic mass is 16.5. The zero-order valence-corrected chi connectivity index (χ0v) is 14.2. The number of aryl methyl sites for hydroxylation is 2. The minimum Gasteiger partial charge on any atom is -0.496 e. The van der Waals surface area contributed by atoms with Crippen molar-refractivity contribution in [1.82, 2.24) is 19.9 Å². The van der Waals surface area contributed by atoms with Gasteiger partial charge in [-0.2, -0.15) is 4.98 Å². The van der Waals surface area contributed by atoms with Crippen molar-refractivity contribution in [3.05, 3.63) is 41.0 Å². The smallest absolute Gasteiger partial charge is 0.245 e. The maximum Gasteiger partial charge on any atom is 0.245 e. The van der Waals surface area contributed by atoms with Crippen molar-refractivity contribution < 1.29 is 9.26 Å². The van der Waals surface area contributed by atoms with Crippen LogP contribution in [-0.2, 0) is 6.54 Å². The fourth-order valence-electron chi connectivity index (χ4n) is 3.08. The van der Waals surface area contributed by atoms with E-state index in [2.05, 4.69) is 40.0 Å². The predicted octanol–water partition coefficient (Wildman–Crippen LogP) is 2.18. The van der Waals surface area contributed by atoms with Crippen molar-refractivity contribution in [3.8, 4) is 5.75 Å². The van der Waals surface area contributed by atoms with Gasteiger partial charge in [0, 0.05) is 31.7 Å². The van der Waals surface area contributed by atoms with E-state index < -0.39 is 0 Å². The lowest BCUT2D eigenvalue weighted by Gasteiger charge is -2.37. The normalized spacial score (nSPS) is 19.9. The molecule has 3 rings (SSSR count). The summed E-state index contributed by atoms with van der Waals surface area (Å²) >= 11 is 0. The Morgan fingerprint density at radius 2 is 2.13 bits per heavy atom. The Bertz CT molecular complexity index is 670. The molecule has 6 nitrogen and oxygen atoms in total. The number of likely N-dealkylation sites (N-methyl/N-ethyl adjacent to an activating group) is 1. The zero-order chi connectivity index (χ0) is 16.4. The van der Waals surface area contributed by atoms with Crippen molar-refractivity contribution >= 4 is 0 Å². The van der Waals surface area contributed by atoms with Gasteiger partial charge < -0.3 is 9.26 Å². The van der Waals surface area contributed by atoms with E-state index in [1.54, 1.807) is 7.11 Å². The quantitative estimate of drug-likeness (QED) is 0.862. The first kappa shape index (κ1) is 16.0. The summed E-state index contributed by atoms with van der Waals surface area (Å²) < 4.78 is 10.9. The topological polar surface area (TPSA) is 54.6 Å². The molecule has 1 atom stereocenters. The molecule has 0 bridgehead atoms. The Morgan fingerprint density at radius 1 is 1.30 bits per heavy atom. The molecule has 0 N–H and O–H groups in total. The third-order valence-corrected chi connectivity index (χ3v) is 4.53. The van der Waals surface area contributed by atoms with Crippen LogP contribution in [0.4, 0.5) is 0 Å². The summed E-state index contributed by atoms with van der Waals surface area (Å²) in [6, 6.07) is 6.33. The summed E-state index contributed by atoms with van der Waals surface area (Å²) in [6.45, 7) is 7.71. The molecule has 2 aromatic rings. The molecule has 0 spiro atoms. The maximum atomic E-state index is 5.53. The van der Waals surface area contributed by atoms with Gasteiger partial charge >= 0.3 is 0 Å². The number of aromatic nitrogens is 2. The van der Waals surface area contributed by atoms with Gasteiger partial charge in [0.1, 0.15) is 11.8 Å². The lowest BCUT2D eigenvalue weighted by atomic mass is 10.1. The highest BCUT2D eigenvalue weighted by Gasteiger charge is 2.30. The number of hydrogen-bond donors (Lipinski definition) is 0. The van der Waals surface area contributed by atoms with Crippen LogP contribution >= 0.6 is 0 Å². The van der Waals surface area contributed by atoms with E-state index in [-0.39, 0.29) is 6.04 Å². The summed E-state index contributed by atoms with van der Waals surface area (Å²) in [5, 5.41) is 3.93. The summed E-state index contributed by atoms with van der Waals surface area (Å²) in [5.41, 5.74) is 2.51. The van der Waals surface area contributed by atoms with Gasteiger partial charge in [0.15, 0.2) is 5.82 Å². The Labute approximate surface area is 137 Å². The fraction of sp³-hybridized carbons (Fsp3) is 0.529. The molecule has 6 heteroatoms. The second kappa shape index (κ2) is 6.68. The molecule has 1 aromatic carbocycles. The third kappa shape index (κ3) is 3.38. The Morgan fingerprint density at radius 3 is 2.83 bits per heavy atom. The molecule has 0 saturated carbocycles. The summed E-state index contributed by atoms with van der Waals surface area (Å²) in [4.78, 5) is 9.11. The van der Waals surface area contributed by atoms with E-state index in [9.17, 15) is 0 Å². The average Bonchev–Trinajstić information content (AvgIpc) is 2.97. The van der Waals surface area contributed by atoms with Crippen LogP contribution < -0.4 is 4.74 Å². The van der Waals surface area contributed by atoms with E-state index in [0.29, 0.717) is 11.7 Å². The second-order valence-corrected chi connectivity index (χ2v) is 6.17. The summed E-state index contributed by atoms with van der Waals surface area (Å²) in [5.74, 6) is 2.34. The number of nitrogens with zero attached hydrogens (tertiary/aromatic N) is 4. The highest BCUT2D eigenvalue weighted by Crippen LogP contribution is 2.27. The minimum atomic E-state index is 0.139. The molecule has 1 aromatic heterocycles.